The summed E-state index contributed by atoms with van der Waals surface area (Å²) in [5.74, 6) is 0. The van der Waals surface area contributed by atoms with E-state index in [1.807, 2.05) is 13.0 Å². The number of aliphatic hydroxyl groups excluding tert-OH is 1. The Hall–Kier alpha value is -0.820. The van der Waals surface area contributed by atoms with E-state index in [-0.39, 0.29) is 11.5 Å². The molecule has 110 valence electrons. The molecule has 0 heterocycles. The van der Waals surface area contributed by atoms with Gasteiger partial charge in [-0.15, -0.1) is 6.58 Å². The minimum Gasteiger partial charge on any atom is -0.392 e. The van der Waals surface area contributed by atoms with Gasteiger partial charge in [-0.3, -0.25) is 0 Å². The van der Waals surface area contributed by atoms with Crippen LogP contribution in [-0.4, -0.2) is 11.2 Å². The summed E-state index contributed by atoms with van der Waals surface area (Å²) in [6, 6.07) is 0. The molecular weight excluding hydrogens is 232 g/mol. The number of hydrogen-bond donors (Lipinski definition) is 1. The molecule has 0 aliphatic rings. The predicted molar refractivity (Wildman–Crippen MR) is 86.3 cm³/mol. The van der Waals surface area contributed by atoms with Crippen LogP contribution in [0.5, 0.6) is 0 Å². The highest BCUT2D eigenvalue weighted by molar-refractivity contribution is 5.04. The highest BCUT2D eigenvalue weighted by atomic mass is 16.3. The van der Waals surface area contributed by atoms with E-state index in [9.17, 15) is 5.11 Å². The van der Waals surface area contributed by atoms with Crippen LogP contribution < -0.4 is 0 Å². The van der Waals surface area contributed by atoms with Crippen molar-refractivity contribution in [3.8, 4) is 0 Å². The van der Waals surface area contributed by atoms with Crippen molar-refractivity contribution >= 4 is 0 Å². The number of rotatable bonds is 9. The van der Waals surface area contributed by atoms with E-state index in [4.69, 9.17) is 0 Å². The van der Waals surface area contributed by atoms with E-state index < -0.39 is 0 Å². The van der Waals surface area contributed by atoms with Gasteiger partial charge in [0.1, 0.15) is 0 Å². The van der Waals surface area contributed by atoms with Crippen molar-refractivity contribution in [2.24, 2.45) is 5.41 Å². The monoisotopic (exact) mass is 264 g/mol. The van der Waals surface area contributed by atoms with Gasteiger partial charge in [-0.2, -0.15) is 0 Å². The lowest BCUT2D eigenvalue weighted by atomic mass is 9.79. The molecule has 1 nitrogen and oxygen atoms in total. The van der Waals surface area contributed by atoms with Crippen LogP contribution in [0.3, 0.4) is 0 Å². The van der Waals surface area contributed by atoms with E-state index in [1.165, 1.54) is 11.1 Å². The predicted octanol–water partition coefficient (Wildman–Crippen LogP) is 5.42. The lowest BCUT2D eigenvalue weighted by Crippen LogP contribution is -2.29. The third-order valence-electron chi connectivity index (χ3n) is 3.88. The Balaban J connectivity index is 4.24. The highest BCUT2D eigenvalue weighted by Crippen LogP contribution is 2.31. The Morgan fingerprint density at radius 3 is 2.32 bits per heavy atom. The van der Waals surface area contributed by atoms with Crippen LogP contribution in [0.1, 0.15) is 66.7 Å². The SMILES string of the molecule is C=CC(C)(CC/C=C(\C)CCC=C(C)C)C(O)CC. The number of allylic oxidation sites excluding steroid dienone is 4. The van der Waals surface area contributed by atoms with E-state index in [0.29, 0.717) is 0 Å². The van der Waals surface area contributed by atoms with Crippen molar-refractivity contribution in [1.82, 2.24) is 0 Å². The van der Waals surface area contributed by atoms with E-state index in [2.05, 4.69) is 46.4 Å². The molecule has 0 aliphatic carbocycles. The van der Waals surface area contributed by atoms with Gasteiger partial charge in [0.2, 0.25) is 0 Å². The first kappa shape index (κ1) is 18.2. The summed E-state index contributed by atoms with van der Waals surface area (Å²) in [6.07, 6.45) is 11.2. The molecule has 0 aromatic heterocycles. The molecule has 0 radical (unpaired) electrons. The van der Waals surface area contributed by atoms with Crippen molar-refractivity contribution < 1.29 is 5.11 Å². The number of hydrogen-bond acceptors (Lipinski definition) is 1. The molecule has 19 heavy (non-hydrogen) atoms. The molecule has 2 atom stereocenters. The first-order valence-electron chi connectivity index (χ1n) is 7.46. The van der Waals surface area contributed by atoms with Crippen molar-refractivity contribution in [1.29, 1.82) is 0 Å². The Morgan fingerprint density at radius 1 is 1.21 bits per heavy atom. The standard InChI is InChI=1S/C18H32O/c1-7-17(19)18(6,8-2)14-10-13-16(5)12-9-11-15(3)4/h8,11,13,17,19H,2,7,9-10,12,14H2,1,3-6H3/b16-13+. The second-order valence-corrected chi connectivity index (χ2v) is 6.04. The first-order valence-corrected chi connectivity index (χ1v) is 7.46. The van der Waals surface area contributed by atoms with Crippen molar-refractivity contribution in [3.63, 3.8) is 0 Å². The third kappa shape index (κ3) is 7.37. The fraction of sp³-hybridized carbons (Fsp3) is 0.667. The van der Waals surface area contributed by atoms with E-state index in [0.717, 1.165) is 32.1 Å². The highest BCUT2D eigenvalue weighted by Gasteiger charge is 2.27. The average Bonchev–Trinajstić information content (AvgIpc) is 2.37. The average molecular weight is 264 g/mol. The van der Waals surface area contributed by atoms with Crippen LogP contribution in [0.25, 0.3) is 0 Å². The van der Waals surface area contributed by atoms with Gasteiger partial charge in [0.25, 0.3) is 0 Å². The largest absolute Gasteiger partial charge is 0.392 e. The van der Waals surface area contributed by atoms with E-state index >= 15 is 0 Å². The Bertz CT molecular complexity index is 321. The van der Waals surface area contributed by atoms with Crippen molar-refractivity contribution in [2.75, 3.05) is 0 Å². The summed E-state index contributed by atoms with van der Waals surface area (Å²) >= 11 is 0. The quantitative estimate of drug-likeness (QED) is 0.551. The van der Waals surface area contributed by atoms with Crippen LogP contribution in [0.2, 0.25) is 0 Å². The molecular formula is C18H32O. The van der Waals surface area contributed by atoms with Gasteiger partial charge in [0, 0.05) is 5.41 Å². The molecule has 0 saturated carbocycles. The maximum atomic E-state index is 10.0. The number of aliphatic hydroxyl groups is 1. The summed E-state index contributed by atoms with van der Waals surface area (Å²) in [7, 11) is 0. The van der Waals surface area contributed by atoms with Gasteiger partial charge in [-0.25, -0.2) is 0 Å². The maximum absolute atomic E-state index is 10.0. The zero-order valence-corrected chi connectivity index (χ0v) is 13.5. The van der Waals surface area contributed by atoms with Gasteiger partial charge < -0.3 is 5.11 Å². The molecule has 0 amide bonds. The minimum absolute atomic E-state index is 0.161. The molecule has 0 rings (SSSR count). The van der Waals surface area contributed by atoms with Crippen LogP contribution in [0, 0.1) is 5.41 Å². The molecule has 0 saturated heterocycles. The molecule has 0 aromatic carbocycles. The van der Waals surface area contributed by atoms with Crippen molar-refractivity contribution in [2.45, 2.75) is 72.8 Å². The van der Waals surface area contributed by atoms with E-state index in [1.54, 1.807) is 0 Å². The van der Waals surface area contributed by atoms with Gasteiger partial charge in [-0.05, 0) is 52.9 Å². The van der Waals surface area contributed by atoms with Gasteiger partial charge in [-0.1, -0.05) is 43.2 Å². The normalized spacial score (nSPS) is 16.6. The first-order chi connectivity index (χ1) is 8.85. The second kappa shape index (κ2) is 9.14. The van der Waals surface area contributed by atoms with Crippen molar-refractivity contribution in [3.05, 3.63) is 36.0 Å². The Kier molecular flexibility index (Phi) is 8.75. The molecule has 1 heteroatoms. The molecule has 1 N–H and O–H groups in total. The third-order valence-corrected chi connectivity index (χ3v) is 3.88. The minimum atomic E-state index is -0.288. The zero-order chi connectivity index (χ0) is 14.9. The van der Waals surface area contributed by atoms with Gasteiger partial charge in [0.15, 0.2) is 0 Å². The zero-order valence-electron chi connectivity index (χ0n) is 13.5. The Morgan fingerprint density at radius 2 is 1.84 bits per heavy atom. The summed E-state index contributed by atoms with van der Waals surface area (Å²) in [6.45, 7) is 14.5. The maximum Gasteiger partial charge on any atom is 0.0625 e. The lowest BCUT2D eigenvalue weighted by molar-refractivity contribution is 0.0619. The summed E-state index contributed by atoms with van der Waals surface area (Å²) in [5.41, 5.74) is 2.67. The molecule has 0 aromatic rings. The summed E-state index contributed by atoms with van der Waals surface area (Å²) in [4.78, 5) is 0. The topological polar surface area (TPSA) is 20.2 Å². The summed E-state index contributed by atoms with van der Waals surface area (Å²) in [5, 5.41) is 10.0. The molecule has 0 aliphatic heterocycles. The molecule has 0 fully saturated rings. The summed E-state index contributed by atoms with van der Waals surface area (Å²) < 4.78 is 0. The van der Waals surface area contributed by atoms with Crippen LogP contribution in [-0.2, 0) is 0 Å². The van der Waals surface area contributed by atoms with Gasteiger partial charge >= 0.3 is 0 Å². The van der Waals surface area contributed by atoms with Crippen LogP contribution in [0.15, 0.2) is 36.0 Å². The lowest BCUT2D eigenvalue weighted by Gasteiger charge is -2.30. The smallest absolute Gasteiger partial charge is 0.0625 e. The fourth-order valence-corrected chi connectivity index (χ4v) is 2.19. The fourth-order valence-electron chi connectivity index (χ4n) is 2.19. The Labute approximate surface area is 120 Å². The second-order valence-electron chi connectivity index (χ2n) is 6.04. The van der Waals surface area contributed by atoms with Gasteiger partial charge in [0.05, 0.1) is 6.10 Å². The van der Waals surface area contributed by atoms with Crippen LogP contribution in [0.4, 0.5) is 0 Å². The molecule has 0 bridgehead atoms. The van der Waals surface area contributed by atoms with Crippen LogP contribution >= 0.6 is 0 Å². The molecule has 0 spiro atoms. The molecule has 2 unspecified atom stereocenters.